The second-order valence-corrected chi connectivity index (χ2v) is 4.83. The van der Waals surface area contributed by atoms with Gasteiger partial charge in [0.05, 0.1) is 5.02 Å². The number of hydrogen-bond donors (Lipinski definition) is 1. The first-order chi connectivity index (χ1) is 7.49. The minimum absolute atomic E-state index is 0.113. The van der Waals surface area contributed by atoms with Crippen LogP contribution >= 0.6 is 11.6 Å². The predicted octanol–water partition coefficient (Wildman–Crippen LogP) is 3.41. The van der Waals surface area contributed by atoms with E-state index < -0.39 is 0 Å². The molecule has 0 saturated carbocycles. The molecule has 1 unspecified atom stereocenters. The standard InChI is InChI=1S/C13H20ClNO/c1-9(2)15-8-11(4)16-13-7-10(3)5-6-12(13)14/h5-7,9,11,15H,8H2,1-4H3. The lowest BCUT2D eigenvalue weighted by molar-refractivity contribution is 0.213. The highest BCUT2D eigenvalue weighted by molar-refractivity contribution is 6.32. The fourth-order valence-electron chi connectivity index (χ4n) is 1.36. The molecule has 1 N–H and O–H groups in total. The molecule has 0 bridgehead atoms. The summed E-state index contributed by atoms with van der Waals surface area (Å²) in [6.07, 6.45) is 0.113. The molecular weight excluding hydrogens is 222 g/mol. The molecule has 0 spiro atoms. The molecule has 0 aliphatic rings. The molecule has 16 heavy (non-hydrogen) atoms. The summed E-state index contributed by atoms with van der Waals surface area (Å²) in [6.45, 7) is 9.12. The Morgan fingerprint density at radius 1 is 1.31 bits per heavy atom. The topological polar surface area (TPSA) is 21.3 Å². The van der Waals surface area contributed by atoms with Crippen molar-refractivity contribution in [1.29, 1.82) is 0 Å². The molecule has 0 aromatic heterocycles. The second-order valence-electron chi connectivity index (χ2n) is 4.43. The number of hydrogen-bond acceptors (Lipinski definition) is 2. The molecule has 90 valence electrons. The zero-order valence-corrected chi connectivity index (χ0v) is 11.1. The van der Waals surface area contributed by atoms with Crippen LogP contribution in [-0.2, 0) is 0 Å². The Hall–Kier alpha value is -0.730. The molecule has 1 rings (SSSR count). The van der Waals surface area contributed by atoms with Crippen molar-refractivity contribution in [2.24, 2.45) is 0 Å². The summed E-state index contributed by atoms with van der Waals surface area (Å²) in [5, 5.41) is 4.00. The number of nitrogens with one attached hydrogen (secondary N) is 1. The lowest BCUT2D eigenvalue weighted by atomic mass is 10.2. The minimum Gasteiger partial charge on any atom is -0.488 e. The van der Waals surface area contributed by atoms with E-state index in [9.17, 15) is 0 Å². The van der Waals surface area contributed by atoms with Crippen molar-refractivity contribution in [3.63, 3.8) is 0 Å². The van der Waals surface area contributed by atoms with Crippen LogP contribution in [-0.4, -0.2) is 18.7 Å². The number of ether oxygens (including phenoxy) is 1. The maximum Gasteiger partial charge on any atom is 0.138 e. The maximum atomic E-state index is 6.06. The molecule has 0 amide bonds. The number of rotatable bonds is 5. The minimum atomic E-state index is 0.113. The summed E-state index contributed by atoms with van der Waals surface area (Å²) in [5.41, 5.74) is 1.16. The van der Waals surface area contributed by atoms with Crippen LogP contribution in [0.25, 0.3) is 0 Å². The molecule has 0 saturated heterocycles. The Balaban J connectivity index is 2.55. The second kappa shape index (κ2) is 6.12. The molecule has 1 aromatic rings. The van der Waals surface area contributed by atoms with Crippen LogP contribution in [0.4, 0.5) is 0 Å². The molecule has 1 atom stereocenters. The first-order valence-electron chi connectivity index (χ1n) is 5.65. The van der Waals surface area contributed by atoms with E-state index in [-0.39, 0.29) is 6.10 Å². The Labute approximate surface area is 103 Å². The summed E-state index contributed by atoms with van der Waals surface area (Å²) < 4.78 is 5.78. The van der Waals surface area contributed by atoms with E-state index in [0.29, 0.717) is 11.1 Å². The zero-order chi connectivity index (χ0) is 12.1. The number of halogens is 1. The SMILES string of the molecule is Cc1ccc(Cl)c(OC(C)CNC(C)C)c1. The van der Waals surface area contributed by atoms with Gasteiger partial charge >= 0.3 is 0 Å². The molecular formula is C13H20ClNO. The van der Waals surface area contributed by atoms with Crippen LogP contribution in [0.2, 0.25) is 5.02 Å². The first kappa shape index (κ1) is 13.3. The first-order valence-corrected chi connectivity index (χ1v) is 6.03. The highest BCUT2D eigenvalue weighted by atomic mass is 35.5. The molecule has 3 heteroatoms. The third-order valence-electron chi connectivity index (χ3n) is 2.23. The van der Waals surface area contributed by atoms with Gasteiger partial charge in [-0.2, -0.15) is 0 Å². The summed E-state index contributed by atoms with van der Waals surface area (Å²) in [7, 11) is 0. The van der Waals surface area contributed by atoms with Crippen LogP contribution < -0.4 is 10.1 Å². The van der Waals surface area contributed by atoms with E-state index in [4.69, 9.17) is 16.3 Å². The molecule has 0 aliphatic carbocycles. The van der Waals surface area contributed by atoms with Crippen molar-refractivity contribution in [3.05, 3.63) is 28.8 Å². The largest absolute Gasteiger partial charge is 0.488 e. The molecule has 0 aliphatic heterocycles. The zero-order valence-electron chi connectivity index (χ0n) is 10.4. The van der Waals surface area contributed by atoms with Crippen molar-refractivity contribution < 1.29 is 4.74 Å². The van der Waals surface area contributed by atoms with Crippen molar-refractivity contribution in [2.45, 2.75) is 39.8 Å². The fraction of sp³-hybridized carbons (Fsp3) is 0.538. The molecule has 0 heterocycles. The van der Waals surface area contributed by atoms with Gasteiger partial charge in [-0.25, -0.2) is 0 Å². The Kier molecular flexibility index (Phi) is 5.10. The van der Waals surface area contributed by atoms with Gasteiger partial charge in [-0.15, -0.1) is 0 Å². The Bertz CT molecular complexity index is 339. The lowest BCUT2D eigenvalue weighted by Gasteiger charge is -2.18. The van der Waals surface area contributed by atoms with Gasteiger partial charge < -0.3 is 10.1 Å². The fourth-order valence-corrected chi connectivity index (χ4v) is 1.52. The van der Waals surface area contributed by atoms with Crippen molar-refractivity contribution in [2.75, 3.05) is 6.54 Å². The number of benzene rings is 1. The van der Waals surface area contributed by atoms with Crippen LogP contribution in [0.1, 0.15) is 26.3 Å². The number of aryl methyl sites for hydroxylation is 1. The van der Waals surface area contributed by atoms with Gasteiger partial charge in [-0.1, -0.05) is 31.5 Å². The average molecular weight is 242 g/mol. The lowest BCUT2D eigenvalue weighted by Crippen LogP contribution is -2.33. The van der Waals surface area contributed by atoms with E-state index in [1.54, 1.807) is 0 Å². The summed E-state index contributed by atoms with van der Waals surface area (Å²) in [6, 6.07) is 6.29. The third-order valence-corrected chi connectivity index (χ3v) is 2.54. The molecule has 0 fully saturated rings. The Morgan fingerprint density at radius 3 is 2.62 bits per heavy atom. The normalized spacial score (nSPS) is 12.9. The average Bonchev–Trinajstić information content (AvgIpc) is 2.20. The van der Waals surface area contributed by atoms with E-state index in [2.05, 4.69) is 19.2 Å². The van der Waals surface area contributed by atoms with E-state index >= 15 is 0 Å². The smallest absolute Gasteiger partial charge is 0.138 e. The monoisotopic (exact) mass is 241 g/mol. The van der Waals surface area contributed by atoms with E-state index in [0.717, 1.165) is 17.9 Å². The summed E-state index contributed by atoms with van der Waals surface area (Å²) >= 11 is 6.06. The van der Waals surface area contributed by atoms with Crippen molar-refractivity contribution >= 4 is 11.6 Å². The van der Waals surface area contributed by atoms with Crippen molar-refractivity contribution in [3.8, 4) is 5.75 Å². The van der Waals surface area contributed by atoms with Crippen LogP contribution in [0.15, 0.2) is 18.2 Å². The van der Waals surface area contributed by atoms with E-state index in [1.807, 2.05) is 32.0 Å². The highest BCUT2D eigenvalue weighted by Crippen LogP contribution is 2.26. The highest BCUT2D eigenvalue weighted by Gasteiger charge is 2.07. The van der Waals surface area contributed by atoms with Crippen LogP contribution in [0, 0.1) is 6.92 Å². The summed E-state index contributed by atoms with van der Waals surface area (Å²) in [4.78, 5) is 0. The van der Waals surface area contributed by atoms with Crippen LogP contribution in [0.5, 0.6) is 5.75 Å². The predicted molar refractivity (Wildman–Crippen MR) is 69.4 cm³/mol. The molecule has 2 nitrogen and oxygen atoms in total. The van der Waals surface area contributed by atoms with Crippen LogP contribution in [0.3, 0.4) is 0 Å². The van der Waals surface area contributed by atoms with Gasteiger partial charge in [0.1, 0.15) is 11.9 Å². The van der Waals surface area contributed by atoms with Gasteiger partial charge in [0.2, 0.25) is 0 Å². The maximum absolute atomic E-state index is 6.06. The molecule has 0 radical (unpaired) electrons. The van der Waals surface area contributed by atoms with Gasteiger partial charge in [0.25, 0.3) is 0 Å². The van der Waals surface area contributed by atoms with Gasteiger partial charge in [-0.3, -0.25) is 0 Å². The van der Waals surface area contributed by atoms with Gasteiger partial charge in [0, 0.05) is 12.6 Å². The summed E-state index contributed by atoms with van der Waals surface area (Å²) in [5.74, 6) is 0.764. The van der Waals surface area contributed by atoms with Crippen molar-refractivity contribution in [1.82, 2.24) is 5.32 Å². The van der Waals surface area contributed by atoms with E-state index in [1.165, 1.54) is 0 Å². The third kappa shape index (κ3) is 4.42. The quantitative estimate of drug-likeness (QED) is 0.853. The van der Waals surface area contributed by atoms with Gasteiger partial charge in [0.15, 0.2) is 0 Å². The molecule has 1 aromatic carbocycles. The Morgan fingerprint density at radius 2 is 2.00 bits per heavy atom. The van der Waals surface area contributed by atoms with Gasteiger partial charge in [-0.05, 0) is 31.5 Å².